The standard InChI is InChI=1S/C14H15ClFNO3/c1-2-9(8-14(19)20)17-13(18)7-6-10-11(15)4-3-5-12(10)16/h3-7,9H,2,8H2,1H3,(H,17,18)(H,19,20)/b7-6+. The van der Waals surface area contributed by atoms with Crippen molar-refractivity contribution in [2.75, 3.05) is 0 Å². The van der Waals surface area contributed by atoms with Crippen molar-refractivity contribution in [1.82, 2.24) is 5.32 Å². The zero-order chi connectivity index (χ0) is 15.1. The molecule has 0 aliphatic carbocycles. The lowest BCUT2D eigenvalue weighted by Gasteiger charge is -2.12. The van der Waals surface area contributed by atoms with Crippen molar-refractivity contribution >= 4 is 29.6 Å². The number of rotatable bonds is 6. The molecule has 1 unspecified atom stereocenters. The van der Waals surface area contributed by atoms with Crippen LogP contribution in [0, 0.1) is 5.82 Å². The molecule has 4 nitrogen and oxygen atoms in total. The average Bonchev–Trinajstić information content (AvgIpc) is 2.36. The minimum Gasteiger partial charge on any atom is -0.481 e. The molecule has 0 fully saturated rings. The first-order valence-corrected chi connectivity index (χ1v) is 6.46. The predicted octanol–water partition coefficient (Wildman–Crippen LogP) is 2.86. The summed E-state index contributed by atoms with van der Waals surface area (Å²) in [5.74, 6) is -2.00. The summed E-state index contributed by atoms with van der Waals surface area (Å²) in [4.78, 5) is 22.2. The van der Waals surface area contributed by atoms with Gasteiger partial charge >= 0.3 is 5.97 Å². The number of hydrogen-bond acceptors (Lipinski definition) is 2. The molecule has 1 aromatic rings. The zero-order valence-electron chi connectivity index (χ0n) is 10.9. The Labute approximate surface area is 121 Å². The Morgan fingerprint density at radius 3 is 2.75 bits per heavy atom. The summed E-state index contributed by atoms with van der Waals surface area (Å²) in [6, 6.07) is 3.76. The van der Waals surface area contributed by atoms with Crippen LogP contribution in [0.15, 0.2) is 24.3 Å². The van der Waals surface area contributed by atoms with Crippen LogP contribution in [-0.4, -0.2) is 23.0 Å². The van der Waals surface area contributed by atoms with E-state index >= 15 is 0 Å². The van der Waals surface area contributed by atoms with E-state index in [0.29, 0.717) is 6.42 Å². The van der Waals surface area contributed by atoms with Crippen molar-refractivity contribution in [3.63, 3.8) is 0 Å². The summed E-state index contributed by atoms with van der Waals surface area (Å²) in [7, 11) is 0. The molecule has 0 aromatic heterocycles. The van der Waals surface area contributed by atoms with Crippen LogP contribution in [0.1, 0.15) is 25.3 Å². The smallest absolute Gasteiger partial charge is 0.305 e. The lowest BCUT2D eigenvalue weighted by molar-refractivity contribution is -0.137. The van der Waals surface area contributed by atoms with Crippen LogP contribution in [0.5, 0.6) is 0 Å². The Hall–Kier alpha value is -1.88. The van der Waals surface area contributed by atoms with E-state index in [-0.39, 0.29) is 17.0 Å². The molecule has 1 rings (SSSR count). The first-order valence-electron chi connectivity index (χ1n) is 6.08. The third-order valence-electron chi connectivity index (χ3n) is 2.66. The van der Waals surface area contributed by atoms with E-state index in [1.165, 1.54) is 24.3 Å². The Balaban J connectivity index is 2.70. The molecule has 0 saturated heterocycles. The lowest BCUT2D eigenvalue weighted by Crippen LogP contribution is -2.34. The van der Waals surface area contributed by atoms with Crippen molar-refractivity contribution < 1.29 is 19.1 Å². The van der Waals surface area contributed by atoms with Crippen molar-refractivity contribution in [2.24, 2.45) is 0 Å². The largest absolute Gasteiger partial charge is 0.481 e. The number of benzene rings is 1. The van der Waals surface area contributed by atoms with Crippen molar-refractivity contribution in [2.45, 2.75) is 25.8 Å². The second kappa shape index (κ2) is 7.65. The van der Waals surface area contributed by atoms with E-state index in [0.717, 1.165) is 6.08 Å². The molecule has 6 heteroatoms. The summed E-state index contributed by atoms with van der Waals surface area (Å²) >= 11 is 5.81. The molecular formula is C14H15ClFNO3. The molecule has 2 N–H and O–H groups in total. The summed E-state index contributed by atoms with van der Waals surface area (Å²) in [6.45, 7) is 1.77. The van der Waals surface area contributed by atoms with E-state index in [2.05, 4.69) is 5.32 Å². The maximum absolute atomic E-state index is 13.5. The third kappa shape index (κ3) is 5.01. The molecule has 20 heavy (non-hydrogen) atoms. The number of hydrogen-bond donors (Lipinski definition) is 2. The lowest BCUT2D eigenvalue weighted by atomic mass is 10.1. The van der Waals surface area contributed by atoms with Gasteiger partial charge in [0.15, 0.2) is 0 Å². The van der Waals surface area contributed by atoms with E-state index in [1.54, 1.807) is 6.92 Å². The maximum atomic E-state index is 13.5. The number of carboxylic acid groups (broad SMARTS) is 1. The minimum absolute atomic E-state index is 0.121. The van der Waals surface area contributed by atoms with E-state index in [9.17, 15) is 14.0 Å². The molecule has 0 spiro atoms. The van der Waals surface area contributed by atoms with Gasteiger partial charge in [0.1, 0.15) is 5.82 Å². The summed E-state index contributed by atoms with van der Waals surface area (Å²) < 4.78 is 13.5. The van der Waals surface area contributed by atoms with Gasteiger partial charge in [-0.25, -0.2) is 4.39 Å². The van der Waals surface area contributed by atoms with Crippen molar-refractivity contribution in [3.8, 4) is 0 Å². The highest BCUT2D eigenvalue weighted by Gasteiger charge is 2.12. The molecule has 1 aromatic carbocycles. The molecule has 1 atom stereocenters. The molecule has 0 bridgehead atoms. The maximum Gasteiger partial charge on any atom is 0.305 e. The highest BCUT2D eigenvalue weighted by atomic mass is 35.5. The van der Waals surface area contributed by atoms with Crippen LogP contribution in [-0.2, 0) is 9.59 Å². The fourth-order valence-corrected chi connectivity index (χ4v) is 1.81. The first-order chi connectivity index (χ1) is 9.43. The molecule has 1 amide bonds. The summed E-state index contributed by atoms with van der Waals surface area (Å²) in [5, 5.41) is 11.4. The van der Waals surface area contributed by atoms with Crippen LogP contribution in [0.25, 0.3) is 6.08 Å². The highest BCUT2D eigenvalue weighted by Crippen LogP contribution is 2.20. The van der Waals surface area contributed by atoms with Crippen LogP contribution >= 0.6 is 11.6 Å². The van der Waals surface area contributed by atoms with Crippen LogP contribution in [0.4, 0.5) is 4.39 Å². The zero-order valence-corrected chi connectivity index (χ0v) is 11.7. The number of nitrogens with one attached hydrogen (secondary N) is 1. The predicted molar refractivity (Wildman–Crippen MR) is 74.9 cm³/mol. The Morgan fingerprint density at radius 1 is 1.50 bits per heavy atom. The monoisotopic (exact) mass is 299 g/mol. The second-order valence-electron chi connectivity index (χ2n) is 4.18. The van der Waals surface area contributed by atoms with Crippen LogP contribution in [0.2, 0.25) is 5.02 Å². The average molecular weight is 300 g/mol. The van der Waals surface area contributed by atoms with Crippen LogP contribution < -0.4 is 5.32 Å². The third-order valence-corrected chi connectivity index (χ3v) is 2.99. The molecule has 0 radical (unpaired) electrons. The SMILES string of the molecule is CCC(CC(=O)O)NC(=O)/C=C/c1c(F)cccc1Cl. The number of carbonyl (C=O) groups excluding carboxylic acids is 1. The Bertz CT molecular complexity index is 511. The second-order valence-corrected chi connectivity index (χ2v) is 4.59. The van der Waals surface area contributed by atoms with Gasteiger partial charge < -0.3 is 10.4 Å². The Kier molecular flexibility index (Phi) is 6.18. The number of halogens is 2. The fraction of sp³-hybridized carbons (Fsp3) is 0.286. The number of aliphatic carboxylic acids is 1. The number of amides is 1. The van der Waals surface area contributed by atoms with Crippen molar-refractivity contribution in [1.29, 1.82) is 0 Å². The van der Waals surface area contributed by atoms with Crippen molar-refractivity contribution in [3.05, 3.63) is 40.7 Å². The van der Waals surface area contributed by atoms with Gasteiger partial charge in [0.25, 0.3) is 0 Å². The molecule has 0 heterocycles. The molecular weight excluding hydrogens is 285 g/mol. The van der Waals surface area contributed by atoms with Gasteiger partial charge in [0, 0.05) is 17.7 Å². The Morgan fingerprint density at radius 2 is 2.20 bits per heavy atom. The van der Waals surface area contributed by atoms with Gasteiger partial charge in [-0.2, -0.15) is 0 Å². The van der Waals surface area contributed by atoms with Gasteiger partial charge in [-0.1, -0.05) is 24.6 Å². The topological polar surface area (TPSA) is 66.4 Å². The molecule has 0 saturated carbocycles. The number of carbonyl (C=O) groups is 2. The van der Waals surface area contributed by atoms with E-state index in [4.69, 9.17) is 16.7 Å². The van der Waals surface area contributed by atoms with E-state index < -0.39 is 23.7 Å². The van der Waals surface area contributed by atoms with E-state index in [1.807, 2.05) is 0 Å². The van der Waals surface area contributed by atoms with Gasteiger partial charge in [0.2, 0.25) is 5.91 Å². The minimum atomic E-state index is -0.988. The van der Waals surface area contributed by atoms with Crippen LogP contribution in [0.3, 0.4) is 0 Å². The molecule has 108 valence electrons. The van der Waals surface area contributed by atoms with Gasteiger partial charge in [-0.05, 0) is 24.6 Å². The first kappa shape index (κ1) is 16.2. The fourth-order valence-electron chi connectivity index (χ4n) is 1.59. The molecule has 0 aliphatic heterocycles. The van der Waals surface area contributed by atoms with Gasteiger partial charge in [0.05, 0.1) is 11.4 Å². The highest BCUT2D eigenvalue weighted by molar-refractivity contribution is 6.32. The van der Waals surface area contributed by atoms with Gasteiger partial charge in [-0.15, -0.1) is 0 Å². The molecule has 0 aliphatic rings. The normalized spacial score (nSPS) is 12.3. The quantitative estimate of drug-likeness (QED) is 0.794. The summed E-state index contributed by atoms with van der Waals surface area (Å²) in [6.07, 6.45) is 2.73. The van der Waals surface area contributed by atoms with Gasteiger partial charge in [-0.3, -0.25) is 9.59 Å². The summed E-state index contributed by atoms with van der Waals surface area (Å²) in [5.41, 5.74) is 0.121. The number of carboxylic acids is 1.